The van der Waals surface area contributed by atoms with Crippen LogP contribution in [0.1, 0.15) is 5.56 Å². The van der Waals surface area contributed by atoms with Crippen molar-refractivity contribution < 1.29 is 4.74 Å². The molecule has 0 aliphatic carbocycles. The molecule has 1 aromatic carbocycles. The molecule has 0 fully saturated rings. The lowest BCUT2D eigenvalue weighted by Gasteiger charge is -2.11. The van der Waals surface area contributed by atoms with Crippen LogP contribution in [0.5, 0.6) is 0 Å². The fraction of sp³-hybridized carbons (Fsp3) is 0.267. The van der Waals surface area contributed by atoms with Crippen LogP contribution < -0.4 is 11.1 Å². The van der Waals surface area contributed by atoms with Crippen molar-refractivity contribution in [3.8, 4) is 11.1 Å². The first-order chi connectivity index (χ1) is 9.35. The molecule has 0 aliphatic heterocycles. The second-order valence-corrected chi connectivity index (χ2v) is 4.22. The summed E-state index contributed by atoms with van der Waals surface area (Å²) in [5.41, 5.74) is 9.03. The second kappa shape index (κ2) is 6.87. The molecule has 0 aliphatic rings. The molecular formula is C15H19N3O. The standard InChI is InChI=1S/C15H19N3O/c1-19-8-7-17-15-13(10-16)9-14(11-18-15)12-5-3-2-4-6-12/h2-6,9,11H,7-8,10,16H2,1H3,(H,17,18). The van der Waals surface area contributed by atoms with Gasteiger partial charge in [0.25, 0.3) is 0 Å². The highest BCUT2D eigenvalue weighted by atomic mass is 16.5. The Hall–Kier alpha value is -1.91. The van der Waals surface area contributed by atoms with E-state index in [-0.39, 0.29) is 0 Å². The Bertz CT molecular complexity index is 514. The fourth-order valence-corrected chi connectivity index (χ4v) is 1.89. The number of ether oxygens (including phenoxy) is 1. The number of methoxy groups -OCH3 is 1. The van der Waals surface area contributed by atoms with Gasteiger partial charge in [0.1, 0.15) is 5.82 Å². The molecule has 3 N–H and O–H groups in total. The van der Waals surface area contributed by atoms with Gasteiger partial charge in [0.15, 0.2) is 0 Å². The van der Waals surface area contributed by atoms with Gasteiger partial charge < -0.3 is 15.8 Å². The molecule has 1 aromatic heterocycles. The predicted molar refractivity (Wildman–Crippen MR) is 77.9 cm³/mol. The summed E-state index contributed by atoms with van der Waals surface area (Å²) in [5.74, 6) is 0.833. The lowest BCUT2D eigenvalue weighted by atomic mass is 10.1. The third kappa shape index (κ3) is 3.53. The van der Waals surface area contributed by atoms with Crippen LogP contribution in [-0.4, -0.2) is 25.2 Å². The number of pyridine rings is 1. The summed E-state index contributed by atoms with van der Waals surface area (Å²) in [5, 5.41) is 3.23. The highest BCUT2D eigenvalue weighted by Gasteiger charge is 2.05. The minimum absolute atomic E-state index is 0.461. The van der Waals surface area contributed by atoms with Crippen LogP contribution in [0.3, 0.4) is 0 Å². The van der Waals surface area contributed by atoms with Gasteiger partial charge in [0.2, 0.25) is 0 Å². The molecule has 4 heteroatoms. The summed E-state index contributed by atoms with van der Waals surface area (Å²) >= 11 is 0. The zero-order valence-corrected chi connectivity index (χ0v) is 11.1. The molecule has 19 heavy (non-hydrogen) atoms. The zero-order chi connectivity index (χ0) is 13.5. The van der Waals surface area contributed by atoms with E-state index in [1.165, 1.54) is 0 Å². The predicted octanol–water partition coefficient (Wildman–Crippen LogP) is 2.27. The lowest BCUT2D eigenvalue weighted by molar-refractivity contribution is 0.210. The van der Waals surface area contributed by atoms with E-state index >= 15 is 0 Å². The van der Waals surface area contributed by atoms with E-state index in [0.717, 1.165) is 29.1 Å². The van der Waals surface area contributed by atoms with Gasteiger partial charge in [-0.15, -0.1) is 0 Å². The number of anilines is 1. The number of nitrogens with one attached hydrogen (secondary N) is 1. The van der Waals surface area contributed by atoms with Gasteiger partial charge in [-0.3, -0.25) is 0 Å². The maximum absolute atomic E-state index is 5.79. The van der Waals surface area contributed by atoms with Crippen LogP contribution in [0, 0.1) is 0 Å². The smallest absolute Gasteiger partial charge is 0.130 e. The molecule has 0 amide bonds. The quantitative estimate of drug-likeness (QED) is 0.779. The first-order valence-electron chi connectivity index (χ1n) is 6.32. The van der Waals surface area contributed by atoms with E-state index in [0.29, 0.717) is 13.2 Å². The summed E-state index contributed by atoms with van der Waals surface area (Å²) in [4.78, 5) is 4.45. The van der Waals surface area contributed by atoms with Crippen molar-refractivity contribution >= 4 is 5.82 Å². The van der Waals surface area contributed by atoms with Gasteiger partial charge in [0.05, 0.1) is 6.61 Å². The molecule has 1 heterocycles. The Morgan fingerprint density at radius 3 is 2.68 bits per heavy atom. The number of benzene rings is 1. The molecule has 100 valence electrons. The first kappa shape index (κ1) is 13.5. The Labute approximate surface area is 113 Å². The van der Waals surface area contributed by atoms with Crippen molar-refractivity contribution in [1.29, 1.82) is 0 Å². The van der Waals surface area contributed by atoms with Gasteiger partial charge in [-0.2, -0.15) is 0 Å². The minimum Gasteiger partial charge on any atom is -0.383 e. The molecule has 0 saturated carbocycles. The summed E-state index contributed by atoms with van der Waals surface area (Å²) in [6, 6.07) is 12.2. The average molecular weight is 257 g/mol. The first-order valence-corrected chi connectivity index (χ1v) is 6.32. The van der Waals surface area contributed by atoms with Crippen molar-refractivity contribution in [3.63, 3.8) is 0 Å². The van der Waals surface area contributed by atoms with Crippen LogP contribution in [0.25, 0.3) is 11.1 Å². The topological polar surface area (TPSA) is 60.2 Å². The number of hydrogen-bond acceptors (Lipinski definition) is 4. The molecule has 0 atom stereocenters. The van der Waals surface area contributed by atoms with E-state index in [9.17, 15) is 0 Å². The summed E-state index contributed by atoms with van der Waals surface area (Å²) in [6.07, 6.45) is 1.86. The van der Waals surface area contributed by atoms with Gasteiger partial charge in [-0.25, -0.2) is 4.98 Å². The number of nitrogens with zero attached hydrogens (tertiary/aromatic N) is 1. The molecule has 0 bridgehead atoms. The Morgan fingerprint density at radius 1 is 1.21 bits per heavy atom. The van der Waals surface area contributed by atoms with Crippen LogP contribution in [0.4, 0.5) is 5.82 Å². The van der Waals surface area contributed by atoms with E-state index in [4.69, 9.17) is 10.5 Å². The lowest BCUT2D eigenvalue weighted by Crippen LogP contribution is -2.12. The molecule has 0 unspecified atom stereocenters. The van der Waals surface area contributed by atoms with Gasteiger partial charge in [-0.1, -0.05) is 30.3 Å². The van der Waals surface area contributed by atoms with Gasteiger partial charge in [-0.05, 0) is 11.6 Å². The fourth-order valence-electron chi connectivity index (χ4n) is 1.89. The highest BCUT2D eigenvalue weighted by molar-refractivity contribution is 5.65. The average Bonchev–Trinajstić information content (AvgIpc) is 2.48. The van der Waals surface area contributed by atoms with Gasteiger partial charge >= 0.3 is 0 Å². The molecule has 0 radical (unpaired) electrons. The highest BCUT2D eigenvalue weighted by Crippen LogP contribution is 2.22. The van der Waals surface area contributed by atoms with Crippen molar-refractivity contribution in [3.05, 3.63) is 48.2 Å². The molecule has 0 spiro atoms. The van der Waals surface area contributed by atoms with E-state index < -0.39 is 0 Å². The number of nitrogens with two attached hydrogens (primary N) is 1. The number of rotatable bonds is 6. The largest absolute Gasteiger partial charge is 0.383 e. The third-order valence-electron chi connectivity index (χ3n) is 2.89. The zero-order valence-electron chi connectivity index (χ0n) is 11.1. The maximum atomic E-state index is 5.79. The summed E-state index contributed by atoms with van der Waals surface area (Å²) in [6.45, 7) is 1.83. The van der Waals surface area contributed by atoms with Crippen LogP contribution in [-0.2, 0) is 11.3 Å². The van der Waals surface area contributed by atoms with E-state index in [1.807, 2.05) is 24.4 Å². The van der Waals surface area contributed by atoms with Crippen molar-refractivity contribution in [2.24, 2.45) is 5.73 Å². The number of hydrogen-bond donors (Lipinski definition) is 2. The van der Waals surface area contributed by atoms with E-state index in [1.54, 1.807) is 7.11 Å². The third-order valence-corrected chi connectivity index (χ3v) is 2.89. The van der Waals surface area contributed by atoms with Crippen LogP contribution in [0.15, 0.2) is 42.6 Å². The second-order valence-electron chi connectivity index (χ2n) is 4.22. The molecule has 4 nitrogen and oxygen atoms in total. The number of aromatic nitrogens is 1. The molecular weight excluding hydrogens is 238 g/mol. The molecule has 2 aromatic rings. The Morgan fingerprint density at radius 2 is 2.00 bits per heavy atom. The van der Waals surface area contributed by atoms with Gasteiger partial charge in [0, 0.05) is 37.5 Å². The van der Waals surface area contributed by atoms with Crippen LogP contribution >= 0.6 is 0 Å². The Kier molecular flexibility index (Phi) is 4.89. The SMILES string of the molecule is COCCNc1ncc(-c2ccccc2)cc1CN. The minimum atomic E-state index is 0.461. The molecule has 0 saturated heterocycles. The maximum Gasteiger partial charge on any atom is 0.130 e. The normalized spacial score (nSPS) is 10.4. The monoisotopic (exact) mass is 257 g/mol. The summed E-state index contributed by atoms with van der Waals surface area (Å²) < 4.78 is 5.01. The van der Waals surface area contributed by atoms with Crippen molar-refractivity contribution in [1.82, 2.24) is 4.98 Å². The summed E-state index contributed by atoms with van der Waals surface area (Å²) in [7, 11) is 1.68. The van der Waals surface area contributed by atoms with Crippen LogP contribution in [0.2, 0.25) is 0 Å². The Balaban J connectivity index is 2.21. The van der Waals surface area contributed by atoms with Crippen molar-refractivity contribution in [2.75, 3.05) is 25.6 Å². The molecule has 2 rings (SSSR count). The van der Waals surface area contributed by atoms with Crippen molar-refractivity contribution in [2.45, 2.75) is 6.54 Å². The van der Waals surface area contributed by atoms with E-state index in [2.05, 4.69) is 28.5 Å².